The normalized spacial score (nSPS) is 20.2. The number of halogens is 4. The number of hydrogen-bond acceptors (Lipinski definition) is 3. The number of hydrogen-bond donors (Lipinski definition) is 2. The Balaban J connectivity index is 0.00000300. The van der Waals surface area contributed by atoms with Gasteiger partial charge in [-0.3, -0.25) is 9.89 Å². The van der Waals surface area contributed by atoms with Gasteiger partial charge in [-0.1, -0.05) is 12.1 Å². The Kier molecular flexibility index (Phi) is 9.02. The van der Waals surface area contributed by atoms with E-state index in [0.717, 1.165) is 63.4 Å². The predicted molar refractivity (Wildman–Crippen MR) is 119 cm³/mol. The molecule has 0 bridgehead atoms. The second-order valence-electron chi connectivity index (χ2n) is 7.50. The number of nitrogens with zero attached hydrogens (tertiary/aromatic N) is 2. The molecule has 0 spiro atoms. The van der Waals surface area contributed by atoms with Crippen LogP contribution in [-0.2, 0) is 17.5 Å². The molecule has 1 aromatic rings. The molecule has 1 aromatic carbocycles. The van der Waals surface area contributed by atoms with Gasteiger partial charge in [-0.05, 0) is 56.5 Å². The number of nitrogens with one attached hydrogen (secondary N) is 2. The predicted octanol–water partition coefficient (Wildman–Crippen LogP) is 3.63. The molecule has 0 atom stereocenters. The first-order chi connectivity index (χ1) is 13.4. The van der Waals surface area contributed by atoms with Crippen LogP contribution in [-0.4, -0.2) is 56.3 Å². The molecule has 2 aliphatic rings. The van der Waals surface area contributed by atoms with E-state index in [1.54, 1.807) is 7.05 Å². The number of aliphatic imine (C=N–C) groups is 1. The van der Waals surface area contributed by atoms with Crippen LogP contribution in [0.15, 0.2) is 29.3 Å². The van der Waals surface area contributed by atoms with Gasteiger partial charge in [0.15, 0.2) is 5.96 Å². The Labute approximate surface area is 187 Å². The molecule has 3 rings (SSSR count). The van der Waals surface area contributed by atoms with Crippen molar-refractivity contribution in [3.63, 3.8) is 0 Å². The summed E-state index contributed by atoms with van der Waals surface area (Å²) in [5.74, 6) is 0.657. The molecule has 0 saturated carbocycles. The summed E-state index contributed by atoms with van der Waals surface area (Å²) in [4.78, 5) is 6.84. The topological polar surface area (TPSA) is 48.9 Å². The van der Waals surface area contributed by atoms with E-state index in [9.17, 15) is 13.2 Å². The fraction of sp³-hybridized carbons (Fsp3) is 0.650. The van der Waals surface area contributed by atoms with Crippen LogP contribution in [0, 0.1) is 0 Å². The van der Waals surface area contributed by atoms with Gasteiger partial charge < -0.3 is 15.4 Å². The van der Waals surface area contributed by atoms with Crippen LogP contribution in [0.25, 0.3) is 0 Å². The molecule has 0 aliphatic carbocycles. The van der Waals surface area contributed by atoms with Gasteiger partial charge >= 0.3 is 6.18 Å². The Morgan fingerprint density at radius 2 is 1.72 bits per heavy atom. The monoisotopic (exact) mass is 526 g/mol. The van der Waals surface area contributed by atoms with E-state index < -0.39 is 11.7 Å². The van der Waals surface area contributed by atoms with Crippen LogP contribution in [0.3, 0.4) is 0 Å². The molecule has 2 N–H and O–H groups in total. The molecular weight excluding hydrogens is 496 g/mol. The van der Waals surface area contributed by atoms with Crippen molar-refractivity contribution in [1.82, 2.24) is 15.5 Å². The Hall–Kier alpha value is -1.07. The Morgan fingerprint density at radius 1 is 1.10 bits per heavy atom. The van der Waals surface area contributed by atoms with E-state index in [4.69, 9.17) is 4.74 Å². The SMILES string of the molecule is CN=C(NCc1ccc(C(F)(F)F)cc1)NCC1(N2CCCC2)CCOCC1.I. The fourth-order valence-corrected chi connectivity index (χ4v) is 4.01. The number of benzene rings is 1. The molecule has 2 saturated heterocycles. The number of ether oxygens (including phenoxy) is 1. The average Bonchev–Trinajstić information content (AvgIpc) is 3.24. The minimum absolute atomic E-state index is 0. The summed E-state index contributed by atoms with van der Waals surface area (Å²) in [6.07, 6.45) is 0.163. The lowest BCUT2D eigenvalue weighted by Gasteiger charge is -2.45. The van der Waals surface area contributed by atoms with Crippen molar-refractivity contribution in [1.29, 1.82) is 0 Å². The number of rotatable bonds is 5. The molecule has 0 radical (unpaired) electrons. The Bertz CT molecular complexity index is 655. The summed E-state index contributed by atoms with van der Waals surface area (Å²) >= 11 is 0. The highest BCUT2D eigenvalue weighted by atomic mass is 127. The molecule has 2 fully saturated rings. The summed E-state index contributed by atoms with van der Waals surface area (Å²) in [5.41, 5.74) is 0.225. The van der Waals surface area contributed by atoms with Crippen molar-refractivity contribution in [3.05, 3.63) is 35.4 Å². The maximum atomic E-state index is 12.7. The lowest BCUT2D eigenvalue weighted by molar-refractivity contribution is -0.137. The average molecular weight is 526 g/mol. The third kappa shape index (κ3) is 6.45. The van der Waals surface area contributed by atoms with Crippen molar-refractivity contribution in [2.75, 3.05) is 39.9 Å². The van der Waals surface area contributed by atoms with E-state index in [-0.39, 0.29) is 29.5 Å². The lowest BCUT2D eigenvalue weighted by atomic mass is 9.88. The second kappa shape index (κ2) is 10.8. The number of alkyl halides is 3. The van der Waals surface area contributed by atoms with Gasteiger partial charge in [0.2, 0.25) is 0 Å². The minimum Gasteiger partial charge on any atom is -0.381 e. The quantitative estimate of drug-likeness (QED) is 0.350. The molecular formula is C20H30F3IN4O. The molecule has 164 valence electrons. The zero-order chi connectivity index (χ0) is 20.0. The standard InChI is InChI=1S/C20H29F3N4O.HI/c1-24-18(25-14-16-4-6-17(7-5-16)20(21,22)23)26-15-19(8-12-28-13-9-19)27-10-2-3-11-27;/h4-7H,2-3,8-15H2,1H3,(H2,24,25,26);1H. The first-order valence-corrected chi connectivity index (χ1v) is 9.86. The van der Waals surface area contributed by atoms with Crippen molar-refractivity contribution >= 4 is 29.9 Å². The van der Waals surface area contributed by atoms with Crippen LogP contribution >= 0.6 is 24.0 Å². The van der Waals surface area contributed by atoms with E-state index >= 15 is 0 Å². The lowest BCUT2D eigenvalue weighted by Crippen LogP contribution is -2.58. The maximum absolute atomic E-state index is 12.7. The van der Waals surface area contributed by atoms with Gasteiger partial charge in [0.05, 0.1) is 5.56 Å². The third-order valence-electron chi connectivity index (χ3n) is 5.75. The van der Waals surface area contributed by atoms with Gasteiger partial charge in [0.25, 0.3) is 0 Å². The molecule has 29 heavy (non-hydrogen) atoms. The maximum Gasteiger partial charge on any atom is 0.416 e. The molecule has 0 unspecified atom stereocenters. The highest BCUT2D eigenvalue weighted by Crippen LogP contribution is 2.31. The molecule has 5 nitrogen and oxygen atoms in total. The van der Waals surface area contributed by atoms with Crippen LogP contribution in [0.4, 0.5) is 13.2 Å². The first kappa shape index (κ1) is 24.2. The van der Waals surface area contributed by atoms with Crippen LogP contribution < -0.4 is 10.6 Å². The van der Waals surface area contributed by atoms with Crippen molar-refractivity contribution < 1.29 is 17.9 Å². The summed E-state index contributed by atoms with van der Waals surface area (Å²) < 4.78 is 43.6. The minimum atomic E-state index is -4.31. The highest BCUT2D eigenvalue weighted by molar-refractivity contribution is 14.0. The summed E-state index contributed by atoms with van der Waals surface area (Å²) in [6, 6.07) is 5.20. The summed E-state index contributed by atoms with van der Waals surface area (Å²) in [6.45, 7) is 4.99. The molecule has 2 heterocycles. The van der Waals surface area contributed by atoms with E-state index in [0.29, 0.717) is 12.5 Å². The van der Waals surface area contributed by atoms with Gasteiger partial charge in [-0.15, -0.1) is 24.0 Å². The first-order valence-electron chi connectivity index (χ1n) is 9.86. The van der Waals surface area contributed by atoms with E-state index in [2.05, 4.69) is 20.5 Å². The molecule has 2 aliphatic heterocycles. The fourth-order valence-electron chi connectivity index (χ4n) is 4.01. The van der Waals surface area contributed by atoms with E-state index in [1.165, 1.54) is 25.0 Å². The second-order valence-corrected chi connectivity index (χ2v) is 7.50. The smallest absolute Gasteiger partial charge is 0.381 e. The third-order valence-corrected chi connectivity index (χ3v) is 5.75. The van der Waals surface area contributed by atoms with Crippen LogP contribution in [0.5, 0.6) is 0 Å². The summed E-state index contributed by atoms with van der Waals surface area (Å²) in [7, 11) is 1.70. The van der Waals surface area contributed by atoms with Crippen LogP contribution in [0.1, 0.15) is 36.8 Å². The highest BCUT2D eigenvalue weighted by Gasteiger charge is 2.39. The van der Waals surface area contributed by atoms with Gasteiger partial charge in [0, 0.05) is 38.9 Å². The van der Waals surface area contributed by atoms with Gasteiger partial charge in [-0.2, -0.15) is 13.2 Å². The van der Waals surface area contributed by atoms with Crippen molar-refractivity contribution in [3.8, 4) is 0 Å². The number of guanidine groups is 1. The molecule has 9 heteroatoms. The molecule has 0 amide bonds. The van der Waals surface area contributed by atoms with Crippen molar-refractivity contribution in [2.45, 2.75) is 43.9 Å². The largest absolute Gasteiger partial charge is 0.416 e. The molecule has 0 aromatic heterocycles. The van der Waals surface area contributed by atoms with E-state index in [1.807, 2.05) is 0 Å². The van der Waals surface area contributed by atoms with Gasteiger partial charge in [0.1, 0.15) is 0 Å². The van der Waals surface area contributed by atoms with Gasteiger partial charge in [-0.25, -0.2) is 0 Å². The zero-order valence-electron chi connectivity index (χ0n) is 16.7. The van der Waals surface area contributed by atoms with Crippen molar-refractivity contribution in [2.24, 2.45) is 4.99 Å². The Morgan fingerprint density at radius 3 is 2.28 bits per heavy atom. The number of likely N-dealkylation sites (tertiary alicyclic amines) is 1. The zero-order valence-corrected chi connectivity index (χ0v) is 19.1. The summed E-state index contributed by atoms with van der Waals surface area (Å²) in [5, 5.41) is 6.62. The van der Waals surface area contributed by atoms with Crippen LogP contribution in [0.2, 0.25) is 0 Å².